The molecule has 90 valence electrons. The molecule has 1 aromatic rings. The first-order valence-corrected chi connectivity index (χ1v) is 5.56. The lowest BCUT2D eigenvalue weighted by molar-refractivity contribution is -0.148. The molecule has 1 N–H and O–H groups in total. The van der Waals surface area contributed by atoms with Gasteiger partial charge in [-0.2, -0.15) is 0 Å². The van der Waals surface area contributed by atoms with Gasteiger partial charge in [0.1, 0.15) is 5.41 Å². The minimum absolute atomic E-state index is 0.176. The highest BCUT2D eigenvalue weighted by molar-refractivity contribution is 6.15. The number of ether oxygens (including phenoxy) is 1. The number of carbonyl (C=O) groups excluding carboxylic acids is 2. The number of hydrogen-bond acceptors (Lipinski definition) is 4. The van der Waals surface area contributed by atoms with Crippen LogP contribution in [0.15, 0.2) is 24.3 Å². The van der Waals surface area contributed by atoms with Gasteiger partial charge in [0, 0.05) is 17.8 Å². The van der Waals surface area contributed by atoms with Gasteiger partial charge in [0.05, 0.1) is 7.11 Å². The van der Waals surface area contributed by atoms with Crippen LogP contribution in [0.5, 0.6) is 0 Å². The molecule has 0 aliphatic carbocycles. The second kappa shape index (κ2) is 4.20. The summed E-state index contributed by atoms with van der Waals surface area (Å²) >= 11 is 0. The van der Waals surface area contributed by atoms with E-state index in [4.69, 9.17) is 4.74 Å². The molecule has 1 aromatic carbocycles. The molecule has 2 rings (SSSR count). The number of hydrogen-bond donors (Lipinski definition) is 1. The summed E-state index contributed by atoms with van der Waals surface area (Å²) in [6.45, 7) is 2.22. The standard InChI is InChI=1S/C13H15NO3/c1-13(12(16)17-2)7-8-14-10-6-4-3-5-9(10)11(13)15/h3-6,14H,7-8H2,1-2H3. The van der Waals surface area contributed by atoms with Gasteiger partial charge in [0.25, 0.3) is 0 Å². The molecule has 0 aromatic heterocycles. The molecule has 0 bridgehead atoms. The Labute approximate surface area is 100.0 Å². The zero-order valence-electron chi connectivity index (χ0n) is 9.95. The SMILES string of the molecule is COC(=O)C1(C)CCNc2ccccc2C1=O. The molecule has 1 heterocycles. The van der Waals surface area contributed by atoms with E-state index in [1.807, 2.05) is 12.1 Å². The molecule has 0 spiro atoms. The van der Waals surface area contributed by atoms with Gasteiger partial charge in [0.15, 0.2) is 5.78 Å². The Morgan fingerprint density at radius 2 is 2.12 bits per heavy atom. The van der Waals surface area contributed by atoms with Crippen LogP contribution in [0.4, 0.5) is 5.69 Å². The summed E-state index contributed by atoms with van der Waals surface area (Å²) in [5, 5.41) is 3.16. The summed E-state index contributed by atoms with van der Waals surface area (Å²) < 4.78 is 4.75. The van der Waals surface area contributed by atoms with Gasteiger partial charge >= 0.3 is 5.97 Å². The average Bonchev–Trinajstić information content (AvgIpc) is 2.48. The highest BCUT2D eigenvalue weighted by Crippen LogP contribution is 2.34. The Morgan fingerprint density at radius 3 is 2.82 bits per heavy atom. The lowest BCUT2D eigenvalue weighted by Crippen LogP contribution is -2.37. The van der Waals surface area contributed by atoms with Gasteiger partial charge in [-0.05, 0) is 25.5 Å². The van der Waals surface area contributed by atoms with Crippen molar-refractivity contribution in [3.8, 4) is 0 Å². The number of nitrogens with one attached hydrogen (secondary N) is 1. The third-order valence-corrected chi connectivity index (χ3v) is 3.25. The van der Waals surface area contributed by atoms with E-state index in [-0.39, 0.29) is 5.78 Å². The number of fused-ring (bicyclic) bond motifs is 1. The molecule has 17 heavy (non-hydrogen) atoms. The van der Waals surface area contributed by atoms with E-state index in [0.29, 0.717) is 18.5 Å². The van der Waals surface area contributed by atoms with Crippen molar-refractivity contribution < 1.29 is 14.3 Å². The van der Waals surface area contributed by atoms with Crippen molar-refractivity contribution in [3.05, 3.63) is 29.8 Å². The number of ketones is 1. The van der Waals surface area contributed by atoms with Crippen molar-refractivity contribution in [1.29, 1.82) is 0 Å². The minimum Gasteiger partial charge on any atom is -0.468 e. The Balaban J connectivity index is 2.49. The largest absolute Gasteiger partial charge is 0.468 e. The number of carbonyl (C=O) groups is 2. The smallest absolute Gasteiger partial charge is 0.319 e. The number of rotatable bonds is 1. The fourth-order valence-electron chi connectivity index (χ4n) is 2.11. The highest BCUT2D eigenvalue weighted by atomic mass is 16.5. The third-order valence-electron chi connectivity index (χ3n) is 3.25. The van der Waals surface area contributed by atoms with E-state index < -0.39 is 11.4 Å². The van der Waals surface area contributed by atoms with Crippen molar-refractivity contribution in [2.45, 2.75) is 13.3 Å². The van der Waals surface area contributed by atoms with E-state index >= 15 is 0 Å². The molecule has 0 fully saturated rings. The molecular weight excluding hydrogens is 218 g/mol. The Morgan fingerprint density at radius 1 is 1.41 bits per heavy atom. The summed E-state index contributed by atoms with van der Waals surface area (Å²) in [5.41, 5.74) is 0.247. The predicted molar refractivity (Wildman–Crippen MR) is 64.0 cm³/mol. The Kier molecular flexibility index (Phi) is 2.88. The van der Waals surface area contributed by atoms with E-state index in [1.54, 1.807) is 19.1 Å². The summed E-state index contributed by atoms with van der Waals surface area (Å²) in [5.74, 6) is -0.647. The topological polar surface area (TPSA) is 55.4 Å². The molecule has 0 saturated carbocycles. The lowest BCUT2D eigenvalue weighted by Gasteiger charge is -2.22. The first-order valence-electron chi connectivity index (χ1n) is 5.56. The van der Waals surface area contributed by atoms with Crippen molar-refractivity contribution >= 4 is 17.4 Å². The van der Waals surface area contributed by atoms with Gasteiger partial charge in [0.2, 0.25) is 0 Å². The quantitative estimate of drug-likeness (QED) is 0.594. The van der Waals surface area contributed by atoms with E-state index in [0.717, 1.165) is 5.69 Å². The maximum Gasteiger partial charge on any atom is 0.319 e. The third kappa shape index (κ3) is 1.79. The first-order chi connectivity index (χ1) is 8.09. The fraction of sp³-hybridized carbons (Fsp3) is 0.385. The summed E-state index contributed by atoms with van der Waals surface area (Å²) in [7, 11) is 1.31. The summed E-state index contributed by atoms with van der Waals surface area (Å²) in [4.78, 5) is 24.2. The second-order valence-corrected chi connectivity index (χ2v) is 4.38. The van der Waals surface area contributed by atoms with Crippen molar-refractivity contribution in [3.63, 3.8) is 0 Å². The number of para-hydroxylation sites is 1. The minimum atomic E-state index is -1.09. The van der Waals surface area contributed by atoms with E-state index in [2.05, 4.69) is 5.32 Å². The molecular formula is C13H15NO3. The maximum absolute atomic E-state index is 12.4. The van der Waals surface area contributed by atoms with Gasteiger partial charge < -0.3 is 10.1 Å². The number of anilines is 1. The fourth-order valence-corrected chi connectivity index (χ4v) is 2.11. The summed E-state index contributed by atoms with van der Waals surface area (Å²) in [6, 6.07) is 7.23. The molecule has 4 heteroatoms. The normalized spacial score (nSPS) is 23.3. The zero-order valence-corrected chi connectivity index (χ0v) is 9.95. The van der Waals surface area contributed by atoms with Crippen LogP contribution < -0.4 is 5.32 Å². The van der Waals surface area contributed by atoms with Crippen LogP contribution in [0.2, 0.25) is 0 Å². The second-order valence-electron chi connectivity index (χ2n) is 4.38. The number of benzene rings is 1. The Hall–Kier alpha value is -1.84. The van der Waals surface area contributed by atoms with Crippen LogP contribution in [-0.4, -0.2) is 25.4 Å². The van der Waals surface area contributed by atoms with Crippen molar-refractivity contribution in [2.24, 2.45) is 5.41 Å². The average molecular weight is 233 g/mol. The van der Waals surface area contributed by atoms with E-state index in [9.17, 15) is 9.59 Å². The first kappa shape index (κ1) is 11.6. The zero-order chi connectivity index (χ0) is 12.5. The molecule has 1 atom stereocenters. The Bertz CT molecular complexity index is 469. The lowest BCUT2D eigenvalue weighted by atomic mass is 9.80. The highest BCUT2D eigenvalue weighted by Gasteiger charge is 2.44. The molecule has 0 amide bonds. The molecule has 1 aliphatic rings. The van der Waals surface area contributed by atoms with Gasteiger partial charge in [-0.15, -0.1) is 0 Å². The van der Waals surface area contributed by atoms with Crippen LogP contribution in [0.25, 0.3) is 0 Å². The van der Waals surface area contributed by atoms with Crippen LogP contribution >= 0.6 is 0 Å². The van der Waals surface area contributed by atoms with Crippen LogP contribution in [0.1, 0.15) is 23.7 Å². The van der Waals surface area contributed by atoms with Crippen molar-refractivity contribution in [2.75, 3.05) is 19.0 Å². The predicted octanol–water partition coefficient (Wildman–Crippen LogP) is 1.86. The van der Waals surface area contributed by atoms with Crippen molar-refractivity contribution in [1.82, 2.24) is 0 Å². The van der Waals surface area contributed by atoms with Gasteiger partial charge in [-0.3, -0.25) is 9.59 Å². The van der Waals surface area contributed by atoms with Crippen LogP contribution in [0, 0.1) is 5.41 Å². The van der Waals surface area contributed by atoms with Crippen LogP contribution in [0.3, 0.4) is 0 Å². The molecule has 1 aliphatic heterocycles. The molecule has 0 saturated heterocycles. The molecule has 4 nitrogen and oxygen atoms in total. The van der Waals surface area contributed by atoms with Gasteiger partial charge in [-0.25, -0.2) is 0 Å². The summed E-state index contributed by atoms with van der Waals surface area (Å²) in [6.07, 6.45) is 0.438. The molecule has 0 radical (unpaired) electrons. The molecule has 1 unspecified atom stereocenters. The number of esters is 1. The number of Topliss-reactive ketones (excluding diaryl/α,β-unsaturated/α-hetero) is 1. The maximum atomic E-state index is 12.4. The monoisotopic (exact) mass is 233 g/mol. The van der Waals surface area contributed by atoms with E-state index in [1.165, 1.54) is 7.11 Å². The number of methoxy groups -OCH3 is 1. The van der Waals surface area contributed by atoms with Crippen LogP contribution in [-0.2, 0) is 9.53 Å². The van der Waals surface area contributed by atoms with Gasteiger partial charge in [-0.1, -0.05) is 12.1 Å².